The summed E-state index contributed by atoms with van der Waals surface area (Å²) in [4.78, 5) is 21.0. The predicted octanol–water partition coefficient (Wildman–Crippen LogP) is 3.26. The molecule has 1 fully saturated rings. The first-order valence-electron chi connectivity index (χ1n) is 11.0. The summed E-state index contributed by atoms with van der Waals surface area (Å²) in [6.07, 6.45) is 2.03. The van der Waals surface area contributed by atoms with E-state index in [0.29, 0.717) is 30.0 Å². The molecule has 2 heterocycles. The lowest BCUT2D eigenvalue weighted by molar-refractivity contribution is -0.111. The Bertz CT molecular complexity index is 1260. The molecule has 2 atom stereocenters. The van der Waals surface area contributed by atoms with Crippen LogP contribution >= 0.6 is 0 Å². The maximum atomic E-state index is 14.6. The van der Waals surface area contributed by atoms with Gasteiger partial charge in [0.25, 0.3) is 0 Å². The first kappa shape index (κ1) is 25.1. The molecule has 4 rings (SSSR count). The molecule has 1 aliphatic heterocycles. The van der Waals surface area contributed by atoms with Gasteiger partial charge in [0.1, 0.15) is 6.61 Å². The topological polar surface area (TPSA) is 112 Å². The molecule has 0 bridgehead atoms. The Balaban J connectivity index is 1.41. The highest BCUT2D eigenvalue weighted by Gasteiger charge is 2.28. The van der Waals surface area contributed by atoms with Crippen molar-refractivity contribution in [1.29, 1.82) is 0 Å². The Labute approximate surface area is 207 Å². The number of carbonyl (C=O) groups excluding carboxylic acids is 1. The predicted molar refractivity (Wildman–Crippen MR) is 133 cm³/mol. The number of anilines is 5. The molecule has 1 aromatic heterocycles. The molecule has 0 unspecified atom stereocenters. The highest BCUT2D eigenvalue weighted by Crippen LogP contribution is 2.26. The Morgan fingerprint density at radius 1 is 1.19 bits per heavy atom. The number of nitrogens with zero attached hydrogens (tertiary/aromatic N) is 3. The van der Waals surface area contributed by atoms with E-state index >= 15 is 0 Å². The summed E-state index contributed by atoms with van der Waals surface area (Å²) in [5.74, 6) is -1.77. The Kier molecular flexibility index (Phi) is 7.76. The molecular weight excluding hydrogens is 469 g/mol. The summed E-state index contributed by atoms with van der Waals surface area (Å²) in [7, 11) is 5.81. The van der Waals surface area contributed by atoms with Crippen molar-refractivity contribution in [2.75, 3.05) is 29.1 Å². The van der Waals surface area contributed by atoms with E-state index in [9.17, 15) is 18.7 Å². The maximum Gasteiger partial charge on any atom is 0.247 e. The molecule has 0 saturated carbocycles. The molecule has 0 aliphatic carbocycles. The zero-order valence-corrected chi connectivity index (χ0v) is 19.1. The van der Waals surface area contributed by atoms with Gasteiger partial charge in [-0.25, -0.2) is 13.8 Å². The number of hydrogen-bond acceptors (Lipinski definition) is 8. The number of aliphatic hydroxyl groups is 1. The monoisotopic (exact) mass is 492 g/mol. The average Bonchev–Trinajstić information content (AvgIpc) is 3.17. The van der Waals surface area contributed by atoms with Gasteiger partial charge in [-0.3, -0.25) is 4.79 Å². The van der Waals surface area contributed by atoms with Gasteiger partial charge >= 0.3 is 0 Å². The average molecular weight is 492 g/mol. The summed E-state index contributed by atoms with van der Waals surface area (Å²) in [5.41, 5.74) is 1.28. The Hall–Kier alpha value is -4.03. The van der Waals surface area contributed by atoms with E-state index in [1.54, 1.807) is 30.3 Å². The molecule has 1 aliphatic rings. The normalized spacial score (nSPS) is 17.4. The largest absolute Gasteiger partial charge is 0.489 e. The van der Waals surface area contributed by atoms with Crippen LogP contribution in [0.4, 0.5) is 37.6 Å². The SMILES string of the molecule is [B]N1C[C@H](O)C[C@H]1COc1ccc(Nc2ncc(F)c(Nc3cccc(NC(=O)C=C)c3)n2)cc1F. The number of β-amino-alcohol motifs (C(OH)–C–C–N with tert-alkyl or cyclic N) is 1. The second kappa shape index (κ2) is 11.1. The van der Waals surface area contributed by atoms with Crippen LogP contribution in [0.2, 0.25) is 0 Å². The fourth-order valence-electron chi connectivity index (χ4n) is 3.61. The lowest BCUT2D eigenvalue weighted by atomic mass is 10.2. The van der Waals surface area contributed by atoms with Crippen molar-refractivity contribution in [2.45, 2.75) is 18.6 Å². The summed E-state index contributed by atoms with van der Waals surface area (Å²) in [5, 5.41) is 17.9. The van der Waals surface area contributed by atoms with E-state index in [0.717, 1.165) is 12.3 Å². The van der Waals surface area contributed by atoms with Gasteiger partial charge in [-0.2, -0.15) is 4.98 Å². The summed E-state index contributed by atoms with van der Waals surface area (Å²) >= 11 is 0. The molecule has 1 amide bonds. The molecule has 4 N–H and O–H groups in total. The van der Waals surface area contributed by atoms with Gasteiger partial charge in [0, 0.05) is 35.7 Å². The van der Waals surface area contributed by atoms with Gasteiger partial charge in [-0.1, -0.05) is 12.6 Å². The fourth-order valence-corrected chi connectivity index (χ4v) is 3.61. The van der Waals surface area contributed by atoms with Crippen molar-refractivity contribution in [3.8, 4) is 5.75 Å². The number of aromatic nitrogens is 2. The van der Waals surface area contributed by atoms with Crippen LogP contribution in [0.25, 0.3) is 0 Å². The molecule has 184 valence electrons. The Morgan fingerprint density at radius 3 is 2.69 bits per heavy atom. The maximum absolute atomic E-state index is 14.6. The van der Waals surface area contributed by atoms with Crippen molar-refractivity contribution < 1.29 is 23.4 Å². The van der Waals surface area contributed by atoms with Crippen LogP contribution in [0, 0.1) is 11.6 Å². The standard InChI is InChI=1S/C24H23BF2N6O3/c1-2-22(35)29-14-4-3-5-15(8-14)30-23-20(27)11-28-24(32-23)31-16-6-7-21(19(26)9-16)36-13-17-10-18(34)12-33(17)25/h2-9,11,17-18,34H,1,10,12-13H2,(H,29,35)(H2,28,30,31,32)/t17-,18+/m0/s1. The van der Waals surface area contributed by atoms with E-state index in [1.807, 2.05) is 0 Å². The zero-order valence-electron chi connectivity index (χ0n) is 19.1. The van der Waals surface area contributed by atoms with Crippen LogP contribution in [0.3, 0.4) is 0 Å². The lowest BCUT2D eigenvalue weighted by Crippen LogP contribution is -2.32. The second-order valence-electron chi connectivity index (χ2n) is 8.11. The van der Waals surface area contributed by atoms with Gasteiger partial charge in [-0.15, -0.1) is 0 Å². The fraction of sp³-hybridized carbons (Fsp3) is 0.208. The van der Waals surface area contributed by atoms with Crippen LogP contribution in [0.5, 0.6) is 5.75 Å². The minimum atomic E-state index is -0.706. The number of halogens is 2. The van der Waals surface area contributed by atoms with Gasteiger partial charge in [0.2, 0.25) is 11.9 Å². The molecule has 36 heavy (non-hydrogen) atoms. The van der Waals surface area contributed by atoms with Gasteiger partial charge in [-0.05, 0) is 42.8 Å². The number of benzene rings is 2. The minimum absolute atomic E-state index is 0.0288. The van der Waals surface area contributed by atoms with Crippen molar-refractivity contribution in [3.05, 3.63) is 73.0 Å². The Morgan fingerprint density at radius 2 is 1.97 bits per heavy atom. The third-order valence-electron chi connectivity index (χ3n) is 5.38. The molecule has 2 aromatic carbocycles. The highest BCUT2D eigenvalue weighted by molar-refractivity contribution is 6.04. The number of carbonyl (C=O) groups is 1. The highest BCUT2D eigenvalue weighted by atomic mass is 19.1. The molecule has 3 aromatic rings. The van der Waals surface area contributed by atoms with E-state index in [2.05, 4.69) is 32.5 Å². The smallest absolute Gasteiger partial charge is 0.247 e. The number of nitrogens with one attached hydrogen (secondary N) is 3. The first-order valence-corrected chi connectivity index (χ1v) is 11.0. The van der Waals surface area contributed by atoms with Gasteiger partial charge < -0.3 is 30.6 Å². The number of aliphatic hydroxyl groups excluding tert-OH is 1. The van der Waals surface area contributed by atoms with E-state index < -0.39 is 17.7 Å². The molecule has 9 nitrogen and oxygen atoms in total. The van der Waals surface area contributed by atoms with Crippen molar-refractivity contribution >= 4 is 42.7 Å². The minimum Gasteiger partial charge on any atom is -0.489 e. The molecular formula is C24H23BF2N6O3. The van der Waals surface area contributed by atoms with Crippen molar-refractivity contribution in [1.82, 2.24) is 14.8 Å². The van der Waals surface area contributed by atoms with Gasteiger partial charge in [0.15, 0.2) is 31.2 Å². The molecule has 0 spiro atoms. The quantitative estimate of drug-likeness (QED) is 0.266. The van der Waals surface area contributed by atoms with E-state index in [1.165, 1.54) is 16.9 Å². The zero-order chi connectivity index (χ0) is 25.7. The summed E-state index contributed by atoms with van der Waals surface area (Å²) in [6, 6.07) is 10.6. The number of ether oxygens (including phenoxy) is 1. The number of hydrogen-bond donors (Lipinski definition) is 4. The third-order valence-corrected chi connectivity index (χ3v) is 5.38. The van der Waals surface area contributed by atoms with Crippen LogP contribution in [0.15, 0.2) is 61.3 Å². The van der Waals surface area contributed by atoms with Crippen LogP contribution < -0.4 is 20.7 Å². The van der Waals surface area contributed by atoms with Crippen molar-refractivity contribution in [3.63, 3.8) is 0 Å². The van der Waals surface area contributed by atoms with E-state index in [-0.39, 0.29) is 36.1 Å². The summed E-state index contributed by atoms with van der Waals surface area (Å²) < 4.78 is 34.4. The van der Waals surface area contributed by atoms with Crippen LogP contribution in [-0.2, 0) is 4.79 Å². The molecule has 12 heteroatoms. The molecule has 2 radical (unpaired) electrons. The lowest BCUT2D eigenvalue weighted by Gasteiger charge is -2.20. The number of rotatable bonds is 9. The van der Waals surface area contributed by atoms with Crippen LogP contribution in [0.1, 0.15) is 6.42 Å². The number of amides is 1. The van der Waals surface area contributed by atoms with Gasteiger partial charge in [0.05, 0.1) is 12.3 Å². The third kappa shape index (κ3) is 6.35. The first-order chi connectivity index (χ1) is 17.3. The van der Waals surface area contributed by atoms with Crippen LogP contribution in [-0.4, -0.2) is 59.1 Å². The van der Waals surface area contributed by atoms with Crippen molar-refractivity contribution in [2.24, 2.45) is 0 Å². The second-order valence-corrected chi connectivity index (χ2v) is 8.11. The summed E-state index contributed by atoms with van der Waals surface area (Å²) in [6.45, 7) is 3.87. The molecule has 1 saturated heterocycles. The van der Waals surface area contributed by atoms with E-state index in [4.69, 9.17) is 12.7 Å².